The Kier molecular flexibility index (Phi) is 5.81. The van der Waals surface area contributed by atoms with Gasteiger partial charge in [-0.2, -0.15) is 0 Å². The van der Waals surface area contributed by atoms with Crippen molar-refractivity contribution in [3.63, 3.8) is 0 Å². The van der Waals surface area contributed by atoms with Gasteiger partial charge in [-0.1, -0.05) is 12.1 Å². The Morgan fingerprint density at radius 2 is 1.97 bits per heavy atom. The molecule has 0 radical (unpaired) electrons. The third-order valence-corrected chi connectivity index (χ3v) is 7.98. The Morgan fingerprint density at radius 1 is 1.27 bits per heavy atom. The molecule has 2 aliphatic rings. The Hall–Kier alpha value is -2.79. The maximum Gasteiger partial charge on any atom is 0.511 e. The molecule has 1 unspecified atom stereocenters. The average molecular weight is 478 g/mol. The van der Waals surface area contributed by atoms with Crippen LogP contribution >= 0.6 is 11.8 Å². The van der Waals surface area contributed by atoms with Crippen LogP contribution < -0.4 is 0 Å². The average Bonchev–Trinajstić information content (AvgIpc) is 3.17. The molecule has 178 valence electrons. The van der Waals surface area contributed by atoms with E-state index in [4.69, 9.17) is 14.2 Å². The monoisotopic (exact) mass is 477 g/mol. The maximum absolute atomic E-state index is 13.4. The van der Waals surface area contributed by atoms with Crippen molar-refractivity contribution in [1.82, 2.24) is 14.5 Å². The summed E-state index contributed by atoms with van der Waals surface area (Å²) in [7, 11) is 1.85. The van der Waals surface area contributed by atoms with E-state index in [1.54, 1.807) is 20.8 Å². The van der Waals surface area contributed by atoms with Crippen molar-refractivity contribution in [1.29, 1.82) is 0 Å². The van der Waals surface area contributed by atoms with E-state index >= 15 is 0 Å². The Balaban J connectivity index is 1.62. The van der Waals surface area contributed by atoms with Gasteiger partial charge in [-0.3, -0.25) is 4.79 Å². The van der Waals surface area contributed by atoms with Crippen molar-refractivity contribution in [2.75, 3.05) is 13.2 Å². The first-order chi connectivity index (χ1) is 15.6. The number of aryl methyl sites for hydroxylation is 1. The van der Waals surface area contributed by atoms with Gasteiger partial charge in [0.2, 0.25) is 12.2 Å². The number of esters is 1. The van der Waals surface area contributed by atoms with Crippen LogP contribution in [0.5, 0.6) is 0 Å². The molecule has 2 aliphatic heterocycles. The molecule has 0 aliphatic carbocycles. The lowest BCUT2D eigenvalue weighted by atomic mass is 9.79. The minimum atomic E-state index is -1.65. The third kappa shape index (κ3) is 3.36. The summed E-state index contributed by atoms with van der Waals surface area (Å²) >= 11 is 1.41. The van der Waals surface area contributed by atoms with Crippen LogP contribution in [0, 0.1) is 0 Å². The van der Waals surface area contributed by atoms with Gasteiger partial charge in [-0.05, 0) is 32.9 Å². The summed E-state index contributed by atoms with van der Waals surface area (Å²) in [5.41, 5.74) is 0.0346. The van der Waals surface area contributed by atoms with E-state index in [9.17, 15) is 19.5 Å². The predicted octanol–water partition coefficient (Wildman–Crippen LogP) is 2.14. The number of amides is 1. The lowest BCUT2D eigenvalue weighted by molar-refractivity contribution is -0.194. The van der Waals surface area contributed by atoms with Crippen LogP contribution in [0.15, 0.2) is 24.3 Å². The summed E-state index contributed by atoms with van der Waals surface area (Å²) in [6.07, 6.45) is -2.23. The fourth-order valence-corrected chi connectivity index (χ4v) is 6.40. The molecule has 1 aromatic heterocycles. The highest BCUT2D eigenvalue weighted by atomic mass is 32.2. The van der Waals surface area contributed by atoms with Crippen molar-refractivity contribution < 1.29 is 33.7 Å². The number of hydrogen-bond donors (Lipinski definition) is 1. The number of benzene rings is 1. The first-order valence-electron chi connectivity index (χ1n) is 10.7. The zero-order valence-electron chi connectivity index (χ0n) is 19.1. The zero-order valence-corrected chi connectivity index (χ0v) is 19.9. The highest BCUT2D eigenvalue weighted by molar-refractivity contribution is 8.01. The number of para-hydroxylation sites is 2. The van der Waals surface area contributed by atoms with Gasteiger partial charge in [0.25, 0.3) is 0 Å². The molecule has 2 aromatic rings. The summed E-state index contributed by atoms with van der Waals surface area (Å²) in [6, 6.07) is 7.60. The number of imidazole rings is 1. The number of nitrogens with zero attached hydrogens (tertiary/aromatic N) is 3. The minimum absolute atomic E-state index is 0.108. The fraction of sp³-hybridized carbons (Fsp3) is 0.545. The van der Waals surface area contributed by atoms with Gasteiger partial charge in [0.05, 0.1) is 29.6 Å². The lowest BCUT2D eigenvalue weighted by Crippen LogP contribution is -2.72. The van der Waals surface area contributed by atoms with Crippen LogP contribution in [0.4, 0.5) is 4.79 Å². The van der Waals surface area contributed by atoms with Crippen LogP contribution in [0.1, 0.15) is 39.4 Å². The van der Waals surface area contributed by atoms with E-state index in [-0.39, 0.29) is 12.5 Å². The minimum Gasteiger partial charge on any atom is -0.435 e. The molecular weight excluding hydrogens is 450 g/mol. The van der Waals surface area contributed by atoms with Crippen LogP contribution in [0.25, 0.3) is 11.0 Å². The van der Waals surface area contributed by atoms with Gasteiger partial charge < -0.3 is 28.8 Å². The van der Waals surface area contributed by atoms with E-state index in [0.717, 1.165) is 11.0 Å². The quantitative estimate of drug-likeness (QED) is 0.379. The van der Waals surface area contributed by atoms with Crippen molar-refractivity contribution in [2.45, 2.75) is 55.6 Å². The molecule has 0 saturated carbocycles. The fourth-order valence-electron chi connectivity index (χ4n) is 4.59. The lowest BCUT2D eigenvalue weighted by Gasteiger charge is -2.49. The number of fused-ring (bicyclic) bond motifs is 2. The van der Waals surface area contributed by atoms with Crippen LogP contribution in [0.2, 0.25) is 0 Å². The number of rotatable bonds is 6. The Labute approximate surface area is 195 Å². The molecule has 0 bridgehead atoms. The molecule has 1 aromatic carbocycles. The van der Waals surface area contributed by atoms with Gasteiger partial charge in [-0.15, -0.1) is 11.8 Å². The van der Waals surface area contributed by atoms with Gasteiger partial charge in [0.1, 0.15) is 11.7 Å². The number of aliphatic hydroxyl groups is 1. The summed E-state index contributed by atoms with van der Waals surface area (Å²) in [5, 5.41) is 9.99. The molecular formula is C22H27N3O7S. The van der Waals surface area contributed by atoms with Gasteiger partial charge in [-0.25, -0.2) is 14.6 Å². The van der Waals surface area contributed by atoms with E-state index in [0.29, 0.717) is 5.82 Å². The molecule has 2 fully saturated rings. The van der Waals surface area contributed by atoms with E-state index < -0.39 is 46.6 Å². The highest BCUT2D eigenvalue weighted by Gasteiger charge is 2.73. The number of hydrogen-bond acceptors (Lipinski definition) is 9. The summed E-state index contributed by atoms with van der Waals surface area (Å²) < 4.78 is 16.0. The van der Waals surface area contributed by atoms with Gasteiger partial charge >= 0.3 is 12.1 Å². The number of aliphatic hydroxyl groups excluding tert-OH is 1. The van der Waals surface area contributed by atoms with Gasteiger partial charge in [0, 0.05) is 18.7 Å². The molecule has 1 amide bonds. The SMILES string of the molecule is CCOC(=O)OC(C)OC(=O)[C@]1(CO)N2C(=O)[C@@H](c3nc4ccccc4n3C)[C@H]2SC1(C)C. The van der Waals surface area contributed by atoms with Crippen LogP contribution in [0.3, 0.4) is 0 Å². The number of β-lactam (4-membered cyclic amide) rings is 1. The number of ether oxygens (including phenoxy) is 3. The van der Waals surface area contributed by atoms with E-state index in [2.05, 4.69) is 4.98 Å². The second-order valence-electron chi connectivity index (χ2n) is 8.51. The maximum atomic E-state index is 13.4. The summed E-state index contributed by atoms with van der Waals surface area (Å²) in [5.74, 6) is -1.13. The molecule has 10 nitrogen and oxygen atoms in total. The van der Waals surface area contributed by atoms with Crippen molar-refractivity contribution in [2.24, 2.45) is 7.05 Å². The highest BCUT2D eigenvalue weighted by Crippen LogP contribution is 2.61. The largest absolute Gasteiger partial charge is 0.511 e. The Bertz CT molecular complexity index is 1120. The predicted molar refractivity (Wildman–Crippen MR) is 119 cm³/mol. The molecule has 33 heavy (non-hydrogen) atoms. The normalized spacial score (nSPS) is 26.5. The molecule has 3 heterocycles. The molecule has 2 saturated heterocycles. The standard InChI is InChI=1S/C22H27N3O7S/c1-6-30-20(29)32-12(2)31-19(28)22(11-26)21(3,4)33-18-15(17(27)25(18)22)16-23-13-9-7-8-10-14(13)24(16)5/h7-10,12,15,18,26H,6,11H2,1-5H3/t12?,15-,18-,22+/m1/s1. The first-order valence-corrected chi connectivity index (χ1v) is 11.5. The van der Waals surface area contributed by atoms with Crippen molar-refractivity contribution in [3.05, 3.63) is 30.1 Å². The number of carbonyl (C=O) groups excluding carboxylic acids is 3. The second-order valence-corrected chi connectivity index (χ2v) is 10.3. The first kappa shape index (κ1) is 23.4. The third-order valence-electron chi connectivity index (χ3n) is 6.33. The van der Waals surface area contributed by atoms with Crippen molar-refractivity contribution >= 4 is 40.8 Å². The summed E-state index contributed by atoms with van der Waals surface area (Å²) in [4.78, 5) is 44.3. The van der Waals surface area contributed by atoms with E-state index in [1.807, 2.05) is 35.9 Å². The molecule has 4 rings (SSSR count). The molecule has 4 atom stereocenters. The molecule has 1 N–H and O–H groups in total. The number of thioether (sulfide) groups is 1. The van der Waals surface area contributed by atoms with Crippen molar-refractivity contribution in [3.8, 4) is 0 Å². The molecule has 0 spiro atoms. The smallest absolute Gasteiger partial charge is 0.435 e. The topological polar surface area (TPSA) is 120 Å². The number of aromatic nitrogens is 2. The van der Waals surface area contributed by atoms with E-state index in [1.165, 1.54) is 23.6 Å². The summed E-state index contributed by atoms with van der Waals surface area (Å²) in [6.45, 7) is 6.01. The Morgan fingerprint density at radius 3 is 2.61 bits per heavy atom. The second kappa shape index (κ2) is 8.21. The van der Waals surface area contributed by atoms with Crippen LogP contribution in [-0.2, 0) is 30.8 Å². The number of carbonyl (C=O) groups is 3. The molecule has 11 heteroatoms. The zero-order chi connectivity index (χ0) is 24.1. The van der Waals surface area contributed by atoms with Crippen LogP contribution in [-0.4, -0.2) is 72.8 Å². The van der Waals surface area contributed by atoms with Gasteiger partial charge in [0.15, 0.2) is 5.54 Å².